The van der Waals surface area contributed by atoms with Gasteiger partial charge in [0.25, 0.3) is 0 Å². The van der Waals surface area contributed by atoms with Crippen molar-refractivity contribution in [3.63, 3.8) is 0 Å². The third-order valence-electron chi connectivity index (χ3n) is 10.1. The van der Waals surface area contributed by atoms with Crippen LogP contribution in [0.25, 0.3) is 67.3 Å². The smallest absolute Gasteiger partial charge is 0.159 e. The van der Waals surface area contributed by atoms with E-state index in [9.17, 15) is 0 Å². The molecule has 10 rings (SSSR count). The Labute approximate surface area is 284 Å². The van der Waals surface area contributed by atoms with Gasteiger partial charge in [0.1, 0.15) is 0 Å². The van der Waals surface area contributed by atoms with Crippen LogP contribution in [0.15, 0.2) is 170 Å². The van der Waals surface area contributed by atoms with Crippen LogP contribution in [0, 0.1) is 0 Å². The van der Waals surface area contributed by atoms with Crippen molar-refractivity contribution in [3.05, 3.63) is 193 Å². The minimum Gasteiger partial charge on any atom is -0.237 e. The van der Waals surface area contributed by atoms with Gasteiger partial charge in [0, 0.05) is 35.9 Å². The monoisotopic (exact) mass is 624 g/mol. The molecule has 2 aliphatic rings. The largest absolute Gasteiger partial charge is 0.237 e. The number of benzene rings is 6. The first-order valence-electron chi connectivity index (χ1n) is 16.5. The molecule has 0 N–H and O–H groups in total. The molecule has 4 nitrogen and oxygen atoms in total. The average molecular weight is 625 g/mol. The normalized spacial score (nSPS) is 15.0. The maximum absolute atomic E-state index is 4.59. The van der Waals surface area contributed by atoms with Crippen molar-refractivity contribution in [3.8, 4) is 67.3 Å². The SMILES string of the molecule is c1ccc(-c2ccc3c(c2)C2(c4ccccc4-3)c3ccccc3-c3ccc(-c4cc(-c5ncccn5)cc(-c5ncccn5)c4)cc32)cc1. The predicted molar refractivity (Wildman–Crippen MR) is 196 cm³/mol. The molecule has 0 radical (unpaired) electrons. The molecular weight excluding hydrogens is 597 g/mol. The molecule has 0 amide bonds. The lowest BCUT2D eigenvalue weighted by Crippen LogP contribution is -2.26. The Morgan fingerprint density at radius 2 is 0.714 bits per heavy atom. The number of aromatic nitrogens is 4. The summed E-state index contributed by atoms with van der Waals surface area (Å²) in [4.78, 5) is 18.4. The second-order valence-electron chi connectivity index (χ2n) is 12.7. The molecule has 0 fully saturated rings. The van der Waals surface area contributed by atoms with Gasteiger partial charge in [-0.2, -0.15) is 0 Å². The molecule has 1 unspecified atom stereocenters. The van der Waals surface area contributed by atoms with Gasteiger partial charge in [-0.1, -0.05) is 103 Å². The molecule has 0 bridgehead atoms. The molecule has 0 aliphatic heterocycles. The molecule has 2 aliphatic carbocycles. The molecule has 0 saturated heterocycles. The third kappa shape index (κ3) is 4.11. The average Bonchev–Trinajstić information content (AvgIpc) is 3.65. The Hall–Kier alpha value is -6.52. The summed E-state index contributed by atoms with van der Waals surface area (Å²) in [7, 11) is 0. The van der Waals surface area contributed by atoms with Gasteiger partial charge in [0.2, 0.25) is 0 Å². The van der Waals surface area contributed by atoms with Crippen LogP contribution in [-0.2, 0) is 5.41 Å². The molecule has 8 aromatic rings. The maximum Gasteiger partial charge on any atom is 0.159 e. The molecule has 2 aromatic heterocycles. The van der Waals surface area contributed by atoms with E-state index in [-0.39, 0.29) is 0 Å². The number of hydrogen-bond donors (Lipinski definition) is 0. The van der Waals surface area contributed by atoms with Crippen LogP contribution >= 0.6 is 0 Å². The lowest BCUT2D eigenvalue weighted by molar-refractivity contribution is 0.794. The summed E-state index contributed by atoms with van der Waals surface area (Å²) in [6.07, 6.45) is 7.12. The van der Waals surface area contributed by atoms with Crippen molar-refractivity contribution < 1.29 is 0 Å². The molecular formula is C45H28N4. The van der Waals surface area contributed by atoms with Crippen molar-refractivity contribution >= 4 is 0 Å². The van der Waals surface area contributed by atoms with E-state index >= 15 is 0 Å². The van der Waals surface area contributed by atoms with Crippen LogP contribution in [-0.4, -0.2) is 19.9 Å². The first-order valence-corrected chi connectivity index (χ1v) is 16.5. The lowest BCUT2D eigenvalue weighted by atomic mass is 9.70. The highest BCUT2D eigenvalue weighted by Crippen LogP contribution is 2.63. The van der Waals surface area contributed by atoms with E-state index in [0.29, 0.717) is 11.6 Å². The number of hydrogen-bond acceptors (Lipinski definition) is 4. The van der Waals surface area contributed by atoms with Gasteiger partial charge in [-0.3, -0.25) is 0 Å². The Morgan fingerprint density at radius 3 is 1.24 bits per heavy atom. The number of fused-ring (bicyclic) bond motifs is 10. The fourth-order valence-corrected chi connectivity index (χ4v) is 8.08. The zero-order valence-corrected chi connectivity index (χ0v) is 26.5. The van der Waals surface area contributed by atoms with E-state index < -0.39 is 5.41 Å². The van der Waals surface area contributed by atoms with Crippen molar-refractivity contribution in [2.45, 2.75) is 5.41 Å². The summed E-state index contributed by atoms with van der Waals surface area (Å²) < 4.78 is 0. The van der Waals surface area contributed by atoms with Gasteiger partial charge in [-0.15, -0.1) is 0 Å². The van der Waals surface area contributed by atoms with Gasteiger partial charge in [-0.25, -0.2) is 19.9 Å². The van der Waals surface area contributed by atoms with E-state index in [1.807, 2.05) is 12.1 Å². The fraction of sp³-hybridized carbons (Fsp3) is 0.0222. The van der Waals surface area contributed by atoms with Crippen LogP contribution in [0.3, 0.4) is 0 Å². The van der Waals surface area contributed by atoms with E-state index in [0.717, 1.165) is 22.3 Å². The molecule has 4 heteroatoms. The Balaban J connectivity index is 1.25. The van der Waals surface area contributed by atoms with E-state index in [1.165, 1.54) is 55.6 Å². The predicted octanol–water partition coefficient (Wildman–Crippen LogP) is 10.3. The van der Waals surface area contributed by atoms with Crippen molar-refractivity contribution in [2.24, 2.45) is 0 Å². The summed E-state index contributed by atoms with van der Waals surface area (Å²) in [6, 6.07) is 52.7. The fourth-order valence-electron chi connectivity index (χ4n) is 8.08. The highest BCUT2D eigenvalue weighted by Gasteiger charge is 2.51. The standard InChI is InChI=1S/C45H28N4/c1-2-10-29(11-3-1)30-16-18-37-35-12-4-6-14-39(35)45(41(37)27-30)40-15-7-5-13-36(40)38-19-17-31(28-42(38)45)32-24-33(43-46-20-8-21-47-43)26-34(25-32)44-48-22-9-23-49-44/h1-28H. The third-order valence-corrected chi connectivity index (χ3v) is 10.1. The summed E-state index contributed by atoms with van der Waals surface area (Å²) in [5.41, 5.74) is 16.4. The van der Waals surface area contributed by atoms with Gasteiger partial charge < -0.3 is 0 Å². The molecule has 1 atom stereocenters. The van der Waals surface area contributed by atoms with E-state index in [1.54, 1.807) is 24.8 Å². The van der Waals surface area contributed by atoms with Gasteiger partial charge in [0.15, 0.2) is 11.6 Å². The van der Waals surface area contributed by atoms with Crippen molar-refractivity contribution in [1.29, 1.82) is 0 Å². The second-order valence-corrected chi connectivity index (χ2v) is 12.7. The molecule has 2 heterocycles. The van der Waals surface area contributed by atoms with E-state index in [2.05, 4.69) is 153 Å². The summed E-state index contributed by atoms with van der Waals surface area (Å²) in [5.74, 6) is 1.33. The van der Waals surface area contributed by atoms with Crippen LogP contribution in [0.1, 0.15) is 22.3 Å². The lowest BCUT2D eigenvalue weighted by Gasteiger charge is -2.31. The number of rotatable bonds is 4. The van der Waals surface area contributed by atoms with Crippen molar-refractivity contribution in [2.75, 3.05) is 0 Å². The van der Waals surface area contributed by atoms with Crippen LogP contribution in [0.2, 0.25) is 0 Å². The second kappa shape index (κ2) is 10.8. The zero-order chi connectivity index (χ0) is 32.4. The molecule has 6 aromatic carbocycles. The molecule has 228 valence electrons. The molecule has 0 saturated carbocycles. The van der Waals surface area contributed by atoms with E-state index in [4.69, 9.17) is 0 Å². The zero-order valence-electron chi connectivity index (χ0n) is 26.5. The Kier molecular flexibility index (Phi) is 6.06. The first kappa shape index (κ1) is 27.6. The van der Waals surface area contributed by atoms with Gasteiger partial charge >= 0.3 is 0 Å². The van der Waals surface area contributed by atoms with Crippen LogP contribution in [0.4, 0.5) is 0 Å². The summed E-state index contributed by atoms with van der Waals surface area (Å²) in [5, 5.41) is 0. The van der Waals surface area contributed by atoms with Crippen LogP contribution < -0.4 is 0 Å². The van der Waals surface area contributed by atoms with Crippen LogP contribution in [0.5, 0.6) is 0 Å². The maximum atomic E-state index is 4.59. The molecule has 49 heavy (non-hydrogen) atoms. The highest BCUT2D eigenvalue weighted by molar-refractivity contribution is 5.97. The number of nitrogens with zero attached hydrogens (tertiary/aromatic N) is 4. The quantitative estimate of drug-likeness (QED) is 0.196. The molecule has 1 spiro atoms. The van der Waals surface area contributed by atoms with Gasteiger partial charge in [-0.05, 0) is 109 Å². The first-order chi connectivity index (χ1) is 24.3. The minimum absolute atomic E-state index is 0.468. The summed E-state index contributed by atoms with van der Waals surface area (Å²) in [6.45, 7) is 0. The summed E-state index contributed by atoms with van der Waals surface area (Å²) >= 11 is 0. The Bertz CT molecular complexity index is 2470. The van der Waals surface area contributed by atoms with Crippen molar-refractivity contribution in [1.82, 2.24) is 19.9 Å². The van der Waals surface area contributed by atoms with Gasteiger partial charge in [0.05, 0.1) is 5.41 Å². The highest BCUT2D eigenvalue weighted by atomic mass is 14.9. The Morgan fingerprint density at radius 1 is 0.286 bits per heavy atom. The topological polar surface area (TPSA) is 51.6 Å². The minimum atomic E-state index is -0.468.